The average Bonchev–Trinajstić information content (AvgIpc) is 2.28. The molecule has 4 nitrogen and oxygen atoms in total. The van der Waals surface area contributed by atoms with Crippen molar-refractivity contribution >= 4 is 17.3 Å². The summed E-state index contributed by atoms with van der Waals surface area (Å²) < 4.78 is 0. The quantitative estimate of drug-likeness (QED) is 0.718. The predicted octanol–water partition coefficient (Wildman–Crippen LogP) is 2.48. The molecular weight excluding hydrogens is 226 g/mol. The lowest BCUT2D eigenvalue weighted by molar-refractivity contribution is 0.0963. The maximum Gasteiger partial charge on any atom is 0.251 e. The van der Waals surface area contributed by atoms with Crippen LogP contribution in [0, 0.1) is 5.41 Å². The molecule has 100 valence electrons. The number of hydrogen-bond acceptors (Lipinski definition) is 3. The van der Waals surface area contributed by atoms with E-state index in [0.29, 0.717) is 16.7 Å². The smallest absolute Gasteiger partial charge is 0.251 e. The zero-order valence-corrected chi connectivity index (χ0v) is 11.6. The van der Waals surface area contributed by atoms with E-state index in [9.17, 15) is 4.79 Å². The van der Waals surface area contributed by atoms with Gasteiger partial charge in [-0.1, -0.05) is 20.8 Å². The number of benzene rings is 1. The number of rotatable bonds is 4. The van der Waals surface area contributed by atoms with Gasteiger partial charge in [-0.05, 0) is 30.0 Å². The second-order valence-electron chi connectivity index (χ2n) is 5.62. The third-order valence-electron chi connectivity index (χ3n) is 2.73. The highest BCUT2D eigenvalue weighted by atomic mass is 16.1. The minimum atomic E-state index is -0.122. The fourth-order valence-electron chi connectivity index (χ4n) is 1.58. The molecule has 0 spiro atoms. The van der Waals surface area contributed by atoms with Gasteiger partial charge in [0, 0.05) is 19.2 Å². The lowest BCUT2D eigenvalue weighted by Crippen LogP contribution is -2.18. The zero-order valence-electron chi connectivity index (χ0n) is 11.6. The second-order valence-corrected chi connectivity index (χ2v) is 5.62. The molecule has 0 atom stereocenters. The summed E-state index contributed by atoms with van der Waals surface area (Å²) in [6.07, 6.45) is 1.06. The minimum Gasteiger partial charge on any atom is -0.397 e. The Bertz CT molecular complexity index is 422. The van der Waals surface area contributed by atoms with Gasteiger partial charge in [0.05, 0.1) is 11.4 Å². The van der Waals surface area contributed by atoms with Crippen molar-refractivity contribution in [2.24, 2.45) is 5.41 Å². The maximum absolute atomic E-state index is 11.4. The molecule has 4 N–H and O–H groups in total. The molecule has 0 fully saturated rings. The van der Waals surface area contributed by atoms with Gasteiger partial charge < -0.3 is 16.4 Å². The van der Waals surface area contributed by atoms with Crippen LogP contribution < -0.4 is 16.4 Å². The van der Waals surface area contributed by atoms with Crippen LogP contribution in [-0.2, 0) is 0 Å². The SMILES string of the molecule is CNC(=O)c1ccc(NCCC(C)(C)C)c(N)c1. The molecule has 1 amide bonds. The molecule has 1 rings (SSSR count). The number of carbonyl (C=O) groups is 1. The van der Waals surface area contributed by atoms with Crippen molar-refractivity contribution < 1.29 is 4.79 Å². The summed E-state index contributed by atoms with van der Waals surface area (Å²) in [5, 5.41) is 5.87. The van der Waals surface area contributed by atoms with Crippen molar-refractivity contribution in [3.63, 3.8) is 0 Å². The number of nitrogen functional groups attached to an aromatic ring is 1. The van der Waals surface area contributed by atoms with Crippen LogP contribution in [0.4, 0.5) is 11.4 Å². The third kappa shape index (κ3) is 4.28. The van der Waals surface area contributed by atoms with Crippen LogP contribution >= 0.6 is 0 Å². The summed E-state index contributed by atoms with van der Waals surface area (Å²) in [5.41, 5.74) is 8.28. The van der Waals surface area contributed by atoms with Gasteiger partial charge in [-0.25, -0.2) is 0 Å². The van der Waals surface area contributed by atoms with Crippen molar-refractivity contribution in [2.75, 3.05) is 24.6 Å². The molecule has 0 saturated carbocycles. The van der Waals surface area contributed by atoms with Crippen molar-refractivity contribution in [2.45, 2.75) is 27.2 Å². The Morgan fingerprint density at radius 2 is 2.00 bits per heavy atom. The third-order valence-corrected chi connectivity index (χ3v) is 2.73. The van der Waals surface area contributed by atoms with Gasteiger partial charge in [-0.15, -0.1) is 0 Å². The number of hydrogen-bond donors (Lipinski definition) is 3. The second kappa shape index (κ2) is 5.76. The summed E-state index contributed by atoms with van der Waals surface area (Å²) in [7, 11) is 1.61. The summed E-state index contributed by atoms with van der Waals surface area (Å²) >= 11 is 0. The molecule has 0 bridgehead atoms. The fourth-order valence-corrected chi connectivity index (χ4v) is 1.58. The van der Waals surface area contributed by atoms with Gasteiger partial charge in [0.1, 0.15) is 0 Å². The van der Waals surface area contributed by atoms with E-state index in [2.05, 4.69) is 31.4 Å². The first-order valence-corrected chi connectivity index (χ1v) is 6.19. The predicted molar refractivity (Wildman–Crippen MR) is 76.8 cm³/mol. The summed E-state index contributed by atoms with van der Waals surface area (Å²) in [6.45, 7) is 7.47. The minimum absolute atomic E-state index is 0.122. The van der Waals surface area contributed by atoms with Crippen LogP contribution in [0.5, 0.6) is 0 Å². The molecule has 0 heterocycles. The molecule has 0 aliphatic carbocycles. The lowest BCUT2D eigenvalue weighted by Gasteiger charge is -2.19. The van der Waals surface area contributed by atoms with E-state index in [-0.39, 0.29) is 5.91 Å². The molecule has 18 heavy (non-hydrogen) atoms. The fraction of sp³-hybridized carbons (Fsp3) is 0.500. The molecule has 1 aromatic rings. The van der Waals surface area contributed by atoms with E-state index < -0.39 is 0 Å². The van der Waals surface area contributed by atoms with E-state index in [1.165, 1.54) is 0 Å². The van der Waals surface area contributed by atoms with Crippen LogP contribution in [0.1, 0.15) is 37.6 Å². The van der Waals surface area contributed by atoms with Crippen LogP contribution in [0.15, 0.2) is 18.2 Å². The zero-order chi connectivity index (χ0) is 13.8. The number of anilines is 2. The number of amides is 1. The van der Waals surface area contributed by atoms with Crippen molar-refractivity contribution in [3.8, 4) is 0 Å². The van der Waals surface area contributed by atoms with Crippen molar-refractivity contribution in [1.29, 1.82) is 0 Å². The van der Waals surface area contributed by atoms with Crippen molar-refractivity contribution in [1.82, 2.24) is 5.32 Å². The Morgan fingerprint density at radius 1 is 1.33 bits per heavy atom. The van der Waals surface area contributed by atoms with E-state index in [1.54, 1.807) is 19.2 Å². The van der Waals surface area contributed by atoms with Crippen LogP contribution in [0.25, 0.3) is 0 Å². The Labute approximate surface area is 109 Å². The Morgan fingerprint density at radius 3 is 2.50 bits per heavy atom. The first kappa shape index (κ1) is 14.4. The standard InChI is InChI=1S/C14H23N3O/c1-14(2,3)7-8-17-12-6-5-10(9-11(12)15)13(18)16-4/h5-6,9,17H,7-8,15H2,1-4H3,(H,16,18). The first-order chi connectivity index (χ1) is 8.33. The molecule has 0 unspecified atom stereocenters. The molecule has 0 aliphatic heterocycles. The van der Waals surface area contributed by atoms with Crippen molar-refractivity contribution in [3.05, 3.63) is 23.8 Å². The Kier molecular flexibility index (Phi) is 4.59. The highest BCUT2D eigenvalue weighted by Crippen LogP contribution is 2.22. The molecule has 0 aromatic heterocycles. The molecule has 0 radical (unpaired) electrons. The van der Waals surface area contributed by atoms with Crippen LogP contribution in [0.2, 0.25) is 0 Å². The molecule has 0 aliphatic rings. The number of nitrogens with one attached hydrogen (secondary N) is 2. The van der Waals surface area contributed by atoms with Crippen LogP contribution in [0.3, 0.4) is 0 Å². The highest BCUT2D eigenvalue weighted by Gasteiger charge is 2.10. The normalized spacial score (nSPS) is 11.1. The topological polar surface area (TPSA) is 67.2 Å². The van der Waals surface area contributed by atoms with Gasteiger partial charge in [0.25, 0.3) is 5.91 Å². The largest absolute Gasteiger partial charge is 0.397 e. The summed E-state index contributed by atoms with van der Waals surface area (Å²) in [5.74, 6) is -0.122. The lowest BCUT2D eigenvalue weighted by atomic mass is 9.92. The van der Waals surface area contributed by atoms with E-state index in [0.717, 1.165) is 18.7 Å². The van der Waals surface area contributed by atoms with Gasteiger partial charge in [0.2, 0.25) is 0 Å². The average molecular weight is 249 g/mol. The van der Waals surface area contributed by atoms with E-state index >= 15 is 0 Å². The maximum atomic E-state index is 11.4. The summed E-state index contributed by atoms with van der Waals surface area (Å²) in [4.78, 5) is 11.4. The molecule has 1 aromatic carbocycles. The molecule has 4 heteroatoms. The number of carbonyl (C=O) groups excluding carboxylic acids is 1. The Hall–Kier alpha value is -1.71. The van der Waals surface area contributed by atoms with Gasteiger partial charge in [-0.2, -0.15) is 0 Å². The summed E-state index contributed by atoms with van der Waals surface area (Å²) in [6, 6.07) is 5.31. The van der Waals surface area contributed by atoms with Gasteiger partial charge in [0.15, 0.2) is 0 Å². The molecular formula is C14H23N3O. The Balaban J connectivity index is 2.66. The van der Waals surface area contributed by atoms with E-state index in [1.807, 2.05) is 6.07 Å². The van der Waals surface area contributed by atoms with Crippen LogP contribution in [-0.4, -0.2) is 19.5 Å². The number of nitrogens with two attached hydrogens (primary N) is 1. The first-order valence-electron chi connectivity index (χ1n) is 6.19. The highest BCUT2D eigenvalue weighted by molar-refractivity contribution is 5.95. The monoisotopic (exact) mass is 249 g/mol. The van der Waals surface area contributed by atoms with E-state index in [4.69, 9.17) is 5.73 Å². The van der Waals surface area contributed by atoms with Gasteiger partial charge in [-0.3, -0.25) is 4.79 Å². The molecule has 0 saturated heterocycles. The van der Waals surface area contributed by atoms with Gasteiger partial charge >= 0.3 is 0 Å².